The van der Waals surface area contributed by atoms with Gasteiger partial charge in [0.2, 0.25) is 0 Å². The molecule has 0 saturated heterocycles. The van der Waals surface area contributed by atoms with Gasteiger partial charge in [0.15, 0.2) is 0 Å². The molecule has 1 aromatic rings. The fourth-order valence-corrected chi connectivity index (χ4v) is 1.91. The van der Waals surface area contributed by atoms with Gasteiger partial charge in [0.1, 0.15) is 18.5 Å². The Balaban J connectivity index is 2.31. The van der Waals surface area contributed by atoms with Crippen molar-refractivity contribution in [1.82, 2.24) is 0 Å². The Labute approximate surface area is 123 Å². The van der Waals surface area contributed by atoms with Crippen molar-refractivity contribution in [2.75, 3.05) is 19.8 Å². The molecule has 5 heteroatoms. The summed E-state index contributed by atoms with van der Waals surface area (Å²) in [5, 5.41) is 9.71. The molecule has 108 valence electrons. The Kier molecular flexibility index (Phi) is 8.05. The topological polar surface area (TPSA) is 64.7 Å². The van der Waals surface area contributed by atoms with Gasteiger partial charge in [-0.2, -0.15) is 0 Å². The molecule has 19 heavy (non-hydrogen) atoms. The van der Waals surface area contributed by atoms with Crippen LogP contribution in [0.5, 0.6) is 5.75 Å². The predicted molar refractivity (Wildman–Crippen MR) is 79.3 cm³/mol. The zero-order valence-corrected chi connectivity index (χ0v) is 12.9. The number of hydrogen-bond donors (Lipinski definition) is 2. The minimum atomic E-state index is -0.609. The summed E-state index contributed by atoms with van der Waals surface area (Å²) in [6, 6.07) is 5.60. The lowest BCUT2D eigenvalue weighted by Crippen LogP contribution is -2.23. The molecule has 3 N–H and O–H groups in total. The van der Waals surface area contributed by atoms with Crippen LogP contribution < -0.4 is 10.5 Å². The van der Waals surface area contributed by atoms with Crippen LogP contribution in [0.1, 0.15) is 25.3 Å². The highest BCUT2D eigenvalue weighted by Gasteiger charge is 2.07. The summed E-state index contributed by atoms with van der Waals surface area (Å²) in [5.74, 6) is 0.705. The van der Waals surface area contributed by atoms with Crippen molar-refractivity contribution in [1.29, 1.82) is 0 Å². The molecule has 1 rings (SSSR count). The van der Waals surface area contributed by atoms with E-state index in [0.717, 1.165) is 22.9 Å². The van der Waals surface area contributed by atoms with Gasteiger partial charge in [0, 0.05) is 17.6 Å². The molecule has 0 saturated carbocycles. The third-order valence-corrected chi connectivity index (χ3v) is 3.41. The minimum absolute atomic E-state index is 0.220. The molecule has 0 radical (unpaired) electrons. The third kappa shape index (κ3) is 6.38. The van der Waals surface area contributed by atoms with E-state index in [1.807, 2.05) is 18.2 Å². The van der Waals surface area contributed by atoms with Gasteiger partial charge in [-0.25, -0.2) is 0 Å². The molecule has 0 spiro atoms. The molecule has 0 aliphatic rings. The number of benzene rings is 1. The van der Waals surface area contributed by atoms with E-state index in [1.165, 1.54) is 0 Å². The Morgan fingerprint density at radius 1 is 1.37 bits per heavy atom. The number of halogens is 1. The lowest BCUT2D eigenvalue weighted by Gasteiger charge is -2.13. The Morgan fingerprint density at radius 2 is 2.16 bits per heavy atom. The first-order chi connectivity index (χ1) is 9.17. The van der Waals surface area contributed by atoms with Crippen molar-refractivity contribution < 1.29 is 14.6 Å². The van der Waals surface area contributed by atoms with Gasteiger partial charge in [-0.15, -0.1) is 0 Å². The van der Waals surface area contributed by atoms with Crippen LogP contribution in [0.2, 0.25) is 0 Å². The van der Waals surface area contributed by atoms with E-state index in [4.69, 9.17) is 15.2 Å². The van der Waals surface area contributed by atoms with Crippen molar-refractivity contribution >= 4 is 15.9 Å². The maximum atomic E-state index is 9.71. The monoisotopic (exact) mass is 331 g/mol. The van der Waals surface area contributed by atoms with Gasteiger partial charge in [0.25, 0.3) is 0 Å². The molecular weight excluding hydrogens is 310 g/mol. The molecule has 1 aromatic carbocycles. The quantitative estimate of drug-likeness (QED) is 0.682. The van der Waals surface area contributed by atoms with Gasteiger partial charge in [-0.3, -0.25) is 0 Å². The maximum Gasteiger partial charge on any atom is 0.119 e. The van der Waals surface area contributed by atoms with Crippen LogP contribution in [0.25, 0.3) is 0 Å². The molecular formula is C14H22BrNO3. The van der Waals surface area contributed by atoms with Gasteiger partial charge in [-0.1, -0.05) is 29.3 Å². The summed E-state index contributed by atoms with van der Waals surface area (Å²) in [4.78, 5) is 0. The first kappa shape index (κ1) is 16.4. The zero-order valence-electron chi connectivity index (χ0n) is 11.3. The van der Waals surface area contributed by atoms with Crippen LogP contribution in [0.4, 0.5) is 0 Å². The summed E-state index contributed by atoms with van der Waals surface area (Å²) < 4.78 is 11.8. The van der Waals surface area contributed by atoms with Crippen LogP contribution >= 0.6 is 15.9 Å². The van der Waals surface area contributed by atoms with Crippen molar-refractivity contribution in [3.05, 3.63) is 28.2 Å². The van der Waals surface area contributed by atoms with E-state index in [2.05, 4.69) is 22.9 Å². The lowest BCUT2D eigenvalue weighted by atomic mass is 10.2. The van der Waals surface area contributed by atoms with E-state index in [-0.39, 0.29) is 6.61 Å². The third-order valence-electron chi connectivity index (χ3n) is 2.63. The fraction of sp³-hybridized carbons (Fsp3) is 0.571. The van der Waals surface area contributed by atoms with Crippen LogP contribution in [0.15, 0.2) is 22.7 Å². The SMILES string of the molecule is CCCCOCC(O)COc1ccc(Br)c(CN)c1. The Bertz CT molecular complexity index is 374. The second-order valence-corrected chi connectivity index (χ2v) is 5.20. The average molecular weight is 332 g/mol. The molecule has 1 atom stereocenters. The average Bonchev–Trinajstić information content (AvgIpc) is 2.42. The van der Waals surface area contributed by atoms with E-state index in [1.54, 1.807) is 0 Å². The van der Waals surface area contributed by atoms with Gasteiger partial charge in [0.05, 0.1) is 6.61 Å². The zero-order chi connectivity index (χ0) is 14.1. The predicted octanol–water partition coefficient (Wildman–Crippen LogP) is 2.46. The molecule has 0 bridgehead atoms. The van der Waals surface area contributed by atoms with E-state index >= 15 is 0 Å². The van der Waals surface area contributed by atoms with Crippen molar-refractivity contribution in [3.8, 4) is 5.75 Å². The van der Waals surface area contributed by atoms with E-state index in [9.17, 15) is 5.11 Å². The van der Waals surface area contributed by atoms with E-state index < -0.39 is 6.10 Å². The van der Waals surface area contributed by atoms with Crippen LogP contribution in [-0.4, -0.2) is 31.0 Å². The number of nitrogens with two attached hydrogens (primary N) is 1. The number of ether oxygens (including phenoxy) is 2. The standard InChI is InChI=1S/C14H22BrNO3/c1-2-3-6-18-9-12(17)10-19-13-4-5-14(15)11(7-13)8-16/h4-5,7,12,17H,2-3,6,8-10,16H2,1H3. The summed E-state index contributed by atoms with van der Waals surface area (Å²) in [6.07, 6.45) is 1.50. The highest BCUT2D eigenvalue weighted by molar-refractivity contribution is 9.10. The fourth-order valence-electron chi connectivity index (χ4n) is 1.50. The van der Waals surface area contributed by atoms with E-state index in [0.29, 0.717) is 25.5 Å². The first-order valence-electron chi connectivity index (χ1n) is 6.54. The number of aliphatic hydroxyl groups excluding tert-OH is 1. The smallest absolute Gasteiger partial charge is 0.119 e. The van der Waals surface area contributed by atoms with Gasteiger partial charge < -0.3 is 20.3 Å². The summed E-state index contributed by atoms with van der Waals surface area (Å²) in [7, 11) is 0. The second kappa shape index (κ2) is 9.31. The highest BCUT2D eigenvalue weighted by atomic mass is 79.9. The molecule has 0 aliphatic heterocycles. The molecule has 0 fully saturated rings. The molecule has 4 nitrogen and oxygen atoms in total. The number of hydrogen-bond acceptors (Lipinski definition) is 4. The normalized spacial score (nSPS) is 12.4. The summed E-state index contributed by atoms with van der Waals surface area (Å²) >= 11 is 3.41. The van der Waals surface area contributed by atoms with Gasteiger partial charge in [-0.05, 0) is 30.2 Å². The molecule has 1 unspecified atom stereocenters. The minimum Gasteiger partial charge on any atom is -0.491 e. The maximum absolute atomic E-state index is 9.71. The van der Waals surface area contributed by atoms with Crippen molar-refractivity contribution in [2.24, 2.45) is 5.73 Å². The first-order valence-corrected chi connectivity index (χ1v) is 7.33. The Morgan fingerprint density at radius 3 is 2.84 bits per heavy atom. The number of aliphatic hydroxyl groups is 1. The second-order valence-electron chi connectivity index (χ2n) is 4.35. The molecule has 0 aromatic heterocycles. The lowest BCUT2D eigenvalue weighted by molar-refractivity contribution is 0.0113. The van der Waals surface area contributed by atoms with Crippen LogP contribution in [-0.2, 0) is 11.3 Å². The van der Waals surface area contributed by atoms with Crippen LogP contribution in [0, 0.1) is 0 Å². The molecule has 0 heterocycles. The number of rotatable bonds is 9. The van der Waals surface area contributed by atoms with Crippen molar-refractivity contribution in [3.63, 3.8) is 0 Å². The summed E-state index contributed by atoms with van der Waals surface area (Å²) in [5.41, 5.74) is 6.59. The summed E-state index contributed by atoms with van der Waals surface area (Å²) in [6.45, 7) is 3.76. The molecule has 0 aliphatic carbocycles. The molecule has 0 amide bonds. The van der Waals surface area contributed by atoms with Crippen LogP contribution in [0.3, 0.4) is 0 Å². The highest BCUT2D eigenvalue weighted by Crippen LogP contribution is 2.22. The van der Waals surface area contributed by atoms with Gasteiger partial charge >= 0.3 is 0 Å². The van der Waals surface area contributed by atoms with Crippen molar-refractivity contribution in [2.45, 2.75) is 32.4 Å². The largest absolute Gasteiger partial charge is 0.491 e. The number of unbranched alkanes of at least 4 members (excludes halogenated alkanes) is 1. The Hall–Kier alpha value is -0.620.